The molecule has 8 atom stereocenters. The summed E-state index contributed by atoms with van der Waals surface area (Å²) >= 11 is 0. The zero-order valence-corrected chi connectivity index (χ0v) is 25.3. The molecule has 2 saturated carbocycles. The van der Waals surface area contributed by atoms with Gasteiger partial charge in [-0.15, -0.1) is 0 Å². The molecule has 2 fully saturated rings. The van der Waals surface area contributed by atoms with Crippen LogP contribution < -0.4 is 5.32 Å². The van der Waals surface area contributed by atoms with Crippen molar-refractivity contribution in [2.75, 3.05) is 5.32 Å². The van der Waals surface area contributed by atoms with Crippen LogP contribution in [0.2, 0.25) is 0 Å². The quantitative estimate of drug-likeness (QED) is 0.305. The minimum absolute atomic E-state index is 0.0770. The molecule has 0 bridgehead atoms. The summed E-state index contributed by atoms with van der Waals surface area (Å²) < 4.78 is 29.4. The van der Waals surface area contributed by atoms with E-state index >= 15 is 4.57 Å². The number of benzene rings is 2. The third kappa shape index (κ3) is 7.32. The molecule has 4 rings (SSSR count). The summed E-state index contributed by atoms with van der Waals surface area (Å²) in [4.78, 5) is 0. The summed E-state index contributed by atoms with van der Waals surface area (Å²) in [5.74, 6) is 2.22. The van der Waals surface area contributed by atoms with Crippen molar-refractivity contribution in [2.24, 2.45) is 35.5 Å². The zero-order chi connectivity index (χ0) is 27.3. The van der Waals surface area contributed by atoms with Crippen LogP contribution in [0.1, 0.15) is 91.4 Å². The second-order valence-electron chi connectivity index (χ2n) is 12.8. The monoisotopic (exact) mass is 539 g/mol. The van der Waals surface area contributed by atoms with Gasteiger partial charge in [0.05, 0.1) is 12.2 Å². The van der Waals surface area contributed by atoms with Gasteiger partial charge < -0.3 is 14.4 Å². The molecule has 5 heteroatoms. The second-order valence-corrected chi connectivity index (χ2v) is 14.8. The van der Waals surface area contributed by atoms with E-state index in [1.807, 2.05) is 60.7 Å². The van der Waals surface area contributed by atoms with Crippen molar-refractivity contribution in [1.29, 1.82) is 0 Å². The molecule has 38 heavy (non-hydrogen) atoms. The summed E-state index contributed by atoms with van der Waals surface area (Å²) in [6.07, 6.45) is 6.33. The first-order chi connectivity index (χ1) is 18.2. The zero-order valence-electron chi connectivity index (χ0n) is 24.4. The first-order valence-electron chi connectivity index (χ1n) is 15.0. The van der Waals surface area contributed by atoms with Crippen molar-refractivity contribution in [3.05, 3.63) is 66.2 Å². The SMILES string of the molecule is CC(C)[C@H]1CC[C@@H](C)C[C@H]1OP(=O)(O[C@@H]1C[C@H](C)CC[C@H]1C(C)C)[C@H](Nc1ccccc1)c1ccccc1. The van der Waals surface area contributed by atoms with Gasteiger partial charge in [-0.3, -0.25) is 4.57 Å². The average molecular weight is 540 g/mol. The first-order valence-corrected chi connectivity index (χ1v) is 16.6. The Bertz CT molecular complexity index is 989. The molecule has 0 saturated heterocycles. The number of rotatable bonds is 10. The molecule has 0 aromatic heterocycles. The van der Waals surface area contributed by atoms with Crippen LogP contribution in [-0.4, -0.2) is 12.2 Å². The van der Waals surface area contributed by atoms with Crippen molar-refractivity contribution < 1.29 is 13.6 Å². The predicted molar refractivity (Wildman–Crippen MR) is 159 cm³/mol. The topological polar surface area (TPSA) is 47.6 Å². The summed E-state index contributed by atoms with van der Waals surface area (Å²) in [7, 11) is -3.67. The van der Waals surface area contributed by atoms with E-state index < -0.39 is 13.4 Å². The first kappa shape index (κ1) is 29.4. The van der Waals surface area contributed by atoms with Crippen LogP contribution in [-0.2, 0) is 13.6 Å². The van der Waals surface area contributed by atoms with Gasteiger partial charge in [-0.2, -0.15) is 0 Å². The van der Waals surface area contributed by atoms with Gasteiger partial charge in [-0.05, 0) is 78.9 Å². The van der Waals surface area contributed by atoms with E-state index in [0.29, 0.717) is 35.5 Å². The summed E-state index contributed by atoms with van der Waals surface area (Å²) in [5, 5.41) is 3.61. The Labute approximate surface area is 231 Å². The molecular formula is C33H50NO3P. The molecule has 2 aromatic rings. The van der Waals surface area contributed by atoms with Gasteiger partial charge in [-0.25, -0.2) is 0 Å². The van der Waals surface area contributed by atoms with Gasteiger partial charge in [0.2, 0.25) is 0 Å². The van der Waals surface area contributed by atoms with E-state index in [4.69, 9.17) is 9.05 Å². The van der Waals surface area contributed by atoms with Crippen LogP contribution in [0, 0.1) is 35.5 Å². The highest BCUT2D eigenvalue weighted by Gasteiger charge is 2.47. The van der Waals surface area contributed by atoms with Gasteiger partial charge in [0.1, 0.15) is 0 Å². The number of anilines is 1. The third-order valence-electron chi connectivity index (χ3n) is 9.00. The molecule has 0 heterocycles. The lowest BCUT2D eigenvalue weighted by molar-refractivity contribution is -0.00541. The molecule has 2 aromatic carbocycles. The van der Waals surface area contributed by atoms with Crippen LogP contribution in [0.25, 0.3) is 0 Å². The molecular weight excluding hydrogens is 489 g/mol. The van der Waals surface area contributed by atoms with Gasteiger partial charge in [0, 0.05) is 5.69 Å². The van der Waals surface area contributed by atoms with E-state index in [0.717, 1.165) is 36.9 Å². The maximum Gasteiger partial charge on any atom is 0.357 e. The Morgan fingerprint density at radius 2 is 1.16 bits per heavy atom. The third-order valence-corrected chi connectivity index (χ3v) is 11.2. The Morgan fingerprint density at radius 1 is 0.711 bits per heavy atom. The van der Waals surface area contributed by atoms with Gasteiger partial charge in [0.15, 0.2) is 5.78 Å². The number of hydrogen-bond acceptors (Lipinski definition) is 4. The molecule has 0 amide bonds. The minimum atomic E-state index is -3.67. The maximum absolute atomic E-state index is 15.5. The molecule has 1 unspecified atom stereocenters. The van der Waals surface area contributed by atoms with Gasteiger partial charge >= 0.3 is 7.60 Å². The Hall–Kier alpha value is -1.61. The van der Waals surface area contributed by atoms with Crippen LogP contribution in [0.4, 0.5) is 5.69 Å². The normalized spacial score (nSPS) is 30.6. The fraction of sp³-hybridized carbons (Fsp3) is 0.636. The average Bonchev–Trinajstić information content (AvgIpc) is 2.88. The lowest BCUT2D eigenvalue weighted by Crippen LogP contribution is -2.37. The highest BCUT2D eigenvalue weighted by molar-refractivity contribution is 7.54. The summed E-state index contributed by atoms with van der Waals surface area (Å²) in [6, 6.07) is 20.2. The van der Waals surface area contributed by atoms with Gasteiger partial charge in [-0.1, -0.05) is 103 Å². The molecule has 210 valence electrons. The standard InChI is InChI=1S/C33H50NO3P/c1-23(2)29-19-17-25(5)21-31(29)36-38(35,37-32-22-26(6)18-20-30(32)24(3)4)33(27-13-9-7-10-14-27)34-28-15-11-8-12-16-28/h7-16,23-26,29-34H,17-22H2,1-6H3/t25-,26-,29-,30+,31-,32-,33+,38?/m1/s1. The predicted octanol–water partition coefficient (Wildman–Crippen LogP) is 9.95. The van der Waals surface area contributed by atoms with E-state index in [2.05, 4.69) is 46.9 Å². The van der Waals surface area contributed by atoms with Crippen LogP contribution in [0.15, 0.2) is 60.7 Å². The van der Waals surface area contributed by atoms with Crippen LogP contribution in [0.5, 0.6) is 0 Å². The Morgan fingerprint density at radius 3 is 1.61 bits per heavy atom. The van der Waals surface area contributed by atoms with Crippen molar-refractivity contribution in [3.8, 4) is 0 Å². The molecule has 2 aliphatic carbocycles. The maximum atomic E-state index is 15.5. The van der Waals surface area contributed by atoms with Crippen molar-refractivity contribution in [2.45, 2.75) is 98.1 Å². The Kier molecular flexibility index (Phi) is 10.2. The lowest BCUT2D eigenvalue weighted by atomic mass is 9.75. The van der Waals surface area contributed by atoms with Gasteiger partial charge in [0.25, 0.3) is 0 Å². The number of hydrogen-bond donors (Lipinski definition) is 1. The van der Waals surface area contributed by atoms with Crippen molar-refractivity contribution >= 4 is 13.3 Å². The molecule has 1 N–H and O–H groups in total. The van der Waals surface area contributed by atoms with E-state index in [1.165, 1.54) is 12.8 Å². The highest BCUT2D eigenvalue weighted by atomic mass is 31.2. The lowest BCUT2D eigenvalue weighted by Gasteiger charge is -2.43. The molecule has 0 aliphatic heterocycles. The molecule has 0 radical (unpaired) electrons. The fourth-order valence-electron chi connectivity index (χ4n) is 6.67. The summed E-state index contributed by atoms with van der Waals surface area (Å²) in [6.45, 7) is 13.7. The largest absolute Gasteiger partial charge is 0.368 e. The van der Waals surface area contributed by atoms with E-state index in [9.17, 15) is 0 Å². The van der Waals surface area contributed by atoms with Crippen LogP contribution in [0.3, 0.4) is 0 Å². The van der Waals surface area contributed by atoms with Crippen molar-refractivity contribution in [3.63, 3.8) is 0 Å². The smallest absolute Gasteiger partial charge is 0.357 e. The van der Waals surface area contributed by atoms with Crippen molar-refractivity contribution in [1.82, 2.24) is 0 Å². The second kappa shape index (κ2) is 13.2. The molecule has 4 nitrogen and oxygen atoms in total. The molecule has 2 aliphatic rings. The van der Waals surface area contributed by atoms with E-state index in [-0.39, 0.29) is 12.2 Å². The molecule has 0 spiro atoms. The minimum Gasteiger partial charge on any atom is -0.368 e. The fourth-order valence-corrected chi connectivity index (χ4v) is 9.05. The highest BCUT2D eigenvalue weighted by Crippen LogP contribution is 2.65. The number of para-hydroxylation sites is 1. The Balaban J connectivity index is 1.76. The van der Waals surface area contributed by atoms with E-state index in [1.54, 1.807) is 0 Å². The summed E-state index contributed by atoms with van der Waals surface area (Å²) in [5.41, 5.74) is 1.86. The van der Waals surface area contributed by atoms with Crippen LogP contribution >= 0.6 is 7.60 Å². The number of nitrogens with one attached hydrogen (secondary N) is 1.